The number of aryl methyl sites for hydroxylation is 1. The number of alkyl halides is 3. The van der Waals surface area contributed by atoms with E-state index in [2.05, 4.69) is 15.2 Å². The topological polar surface area (TPSA) is 93.5 Å². The monoisotopic (exact) mass is 385 g/mol. The Morgan fingerprint density at radius 1 is 1.37 bits per heavy atom. The first-order valence-electron chi connectivity index (χ1n) is 7.93. The Bertz CT molecular complexity index is 833. The quantitative estimate of drug-likeness (QED) is 0.765. The van der Waals surface area contributed by atoms with Crippen LogP contribution < -0.4 is 10.1 Å². The van der Waals surface area contributed by atoms with Crippen molar-refractivity contribution in [2.45, 2.75) is 32.2 Å². The van der Waals surface area contributed by atoms with Crippen molar-refractivity contribution in [3.63, 3.8) is 0 Å². The molecule has 0 fully saturated rings. The Balaban J connectivity index is 1.96. The number of hydrogen-bond donors (Lipinski definition) is 2. The number of benzene rings is 1. The molecule has 27 heavy (non-hydrogen) atoms. The van der Waals surface area contributed by atoms with E-state index >= 15 is 0 Å². The van der Waals surface area contributed by atoms with Crippen LogP contribution in [0.1, 0.15) is 40.9 Å². The van der Waals surface area contributed by atoms with Gasteiger partial charge in [0.1, 0.15) is 5.75 Å². The third-order valence-corrected chi connectivity index (χ3v) is 3.85. The highest BCUT2D eigenvalue weighted by Gasteiger charge is 2.31. The Morgan fingerprint density at radius 3 is 2.70 bits per heavy atom. The number of carbonyl (C=O) groups excluding carboxylic acids is 1. The van der Waals surface area contributed by atoms with Crippen molar-refractivity contribution < 1.29 is 32.6 Å². The molecule has 0 aliphatic rings. The third-order valence-electron chi connectivity index (χ3n) is 3.85. The summed E-state index contributed by atoms with van der Waals surface area (Å²) < 4.78 is 42.0. The minimum absolute atomic E-state index is 0.0120. The molecular weight excluding hydrogens is 367 g/mol. The van der Waals surface area contributed by atoms with E-state index in [0.29, 0.717) is 11.1 Å². The summed E-state index contributed by atoms with van der Waals surface area (Å²) in [7, 11) is 1.48. The highest BCUT2D eigenvalue weighted by Crippen LogP contribution is 2.27. The number of aromatic carboxylic acids is 1. The van der Waals surface area contributed by atoms with E-state index < -0.39 is 12.3 Å². The van der Waals surface area contributed by atoms with Crippen LogP contribution in [-0.2, 0) is 18.4 Å². The first kappa shape index (κ1) is 20.3. The average molecular weight is 385 g/mol. The Morgan fingerprint density at radius 2 is 2.07 bits per heavy atom. The number of ether oxygens (including phenoxy) is 1. The minimum atomic E-state index is -4.79. The largest absolute Gasteiger partial charge is 0.573 e. The second-order valence-electron chi connectivity index (χ2n) is 5.95. The zero-order valence-corrected chi connectivity index (χ0v) is 14.6. The first-order chi connectivity index (χ1) is 12.6. The predicted octanol–water partition coefficient (Wildman–Crippen LogP) is 2.83. The van der Waals surface area contributed by atoms with Gasteiger partial charge in [0.25, 0.3) is 0 Å². The van der Waals surface area contributed by atoms with Gasteiger partial charge in [-0.1, -0.05) is 19.1 Å². The number of hydrogen-bond acceptors (Lipinski definition) is 4. The van der Waals surface area contributed by atoms with E-state index in [-0.39, 0.29) is 36.2 Å². The molecule has 0 unspecified atom stereocenters. The zero-order valence-electron chi connectivity index (χ0n) is 14.6. The fourth-order valence-corrected chi connectivity index (χ4v) is 2.57. The molecule has 7 nitrogen and oxygen atoms in total. The summed E-state index contributed by atoms with van der Waals surface area (Å²) in [5.74, 6) is -2.25. The number of rotatable bonds is 7. The van der Waals surface area contributed by atoms with Crippen LogP contribution in [0.5, 0.6) is 5.75 Å². The summed E-state index contributed by atoms with van der Waals surface area (Å²) >= 11 is 0. The summed E-state index contributed by atoms with van der Waals surface area (Å²) in [4.78, 5) is 23.3. The van der Waals surface area contributed by atoms with Crippen LogP contribution in [0.3, 0.4) is 0 Å². The summed E-state index contributed by atoms with van der Waals surface area (Å²) in [5.41, 5.74) is 0.839. The number of amides is 1. The Hall–Kier alpha value is -3.04. The van der Waals surface area contributed by atoms with Gasteiger partial charge in [-0.15, -0.1) is 13.2 Å². The summed E-state index contributed by atoms with van der Waals surface area (Å²) in [6, 6.07) is 5.43. The van der Waals surface area contributed by atoms with Crippen LogP contribution in [0.2, 0.25) is 0 Å². The molecule has 2 N–H and O–H groups in total. The van der Waals surface area contributed by atoms with Crippen LogP contribution in [0.15, 0.2) is 30.5 Å². The van der Waals surface area contributed by atoms with Crippen LogP contribution in [0.25, 0.3) is 0 Å². The lowest BCUT2D eigenvalue weighted by molar-refractivity contribution is -0.274. The number of carboxylic acid groups (broad SMARTS) is 1. The molecule has 10 heteroatoms. The van der Waals surface area contributed by atoms with Crippen molar-refractivity contribution in [1.29, 1.82) is 0 Å². The van der Waals surface area contributed by atoms with Gasteiger partial charge in [-0.25, -0.2) is 4.79 Å². The molecule has 1 aromatic heterocycles. The molecule has 0 aliphatic heterocycles. The Labute approximate surface area is 152 Å². The molecule has 2 aromatic rings. The van der Waals surface area contributed by atoms with E-state index in [1.807, 2.05) is 0 Å². The minimum Gasteiger partial charge on any atom is -0.477 e. The maximum absolute atomic E-state index is 12.3. The van der Waals surface area contributed by atoms with Crippen molar-refractivity contribution in [3.05, 3.63) is 47.3 Å². The number of carboxylic acids is 1. The standard InChI is InChI=1S/C17H18F3N3O4/c1-10(11-4-3-5-13(7-11)27-17(18,19)20)6-14(24)21-8-12-9-22-23(2)15(12)16(25)26/h3-5,7,9-10H,6,8H2,1-2H3,(H,21,24)(H,25,26)/t10-/m0/s1. The van der Waals surface area contributed by atoms with Gasteiger partial charge in [-0.2, -0.15) is 5.10 Å². The fourth-order valence-electron chi connectivity index (χ4n) is 2.57. The smallest absolute Gasteiger partial charge is 0.477 e. The number of halogens is 3. The molecule has 1 aromatic carbocycles. The molecule has 1 heterocycles. The van der Waals surface area contributed by atoms with Crippen molar-refractivity contribution in [3.8, 4) is 5.75 Å². The van der Waals surface area contributed by atoms with Crippen LogP contribution >= 0.6 is 0 Å². The zero-order chi connectivity index (χ0) is 20.2. The lowest BCUT2D eigenvalue weighted by Crippen LogP contribution is -2.25. The number of nitrogens with zero attached hydrogens (tertiary/aromatic N) is 2. The van der Waals surface area contributed by atoms with Gasteiger partial charge in [0.15, 0.2) is 5.69 Å². The maximum Gasteiger partial charge on any atom is 0.573 e. The normalized spacial score (nSPS) is 12.5. The van der Waals surface area contributed by atoms with Gasteiger partial charge in [-0.3, -0.25) is 9.48 Å². The van der Waals surface area contributed by atoms with Gasteiger partial charge in [0, 0.05) is 25.6 Å². The SMILES string of the molecule is C[C@@H](CC(=O)NCc1cnn(C)c1C(=O)O)c1cccc(OC(F)(F)F)c1. The van der Waals surface area contributed by atoms with Gasteiger partial charge >= 0.3 is 12.3 Å². The number of carbonyl (C=O) groups is 2. The van der Waals surface area contributed by atoms with Crippen molar-refractivity contribution in [2.24, 2.45) is 7.05 Å². The van der Waals surface area contributed by atoms with Gasteiger partial charge < -0.3 is 15.2 Å². The predicted molar refractivity (Wildman–Crippen MR) is 88.2 cm³/mol. The molecule has 0 bridgehead atoms. The summed E-state index contributed by atoms with van der Waals surface area (Å²) in [6.45, 7) is 1.68. The van der Waals surface area contributed by atoms with Gasteiger partial charge in [0.2, 0.25) is 5.91 Å². The molecule has 0 saturated carbocycles. The molecule has 1 amide bonds. The number of aromatic nitrogens is 2. The van der Waals surface area contributed by atoms with Crippen molar-refractivity contribution in [1.82, 2.24) is 15.1 Å². The van der Waals surface area contributed by atoms with E-state index in [0.717, 1.165) is 0 Å². The molecule has 2 rings (SSSR count). The molecule has 0 spiro atoms. The Kier molecular flexibility index (Phi) is 6.09. The van der Waals surface area contributed by atoms with Gasteiger partial charge in [-0.05, 0) is 23.6 Å². The van der Waals surface area contributed by atoms with Crippen LogP contribution in [0, 0.1) is 0 Å². The van der Waals surface area contributed by atoms with Gasteiger partial charge in [0.05, 0.1) is 6.20 Å². The van der Waals surface area contributed by atoms with Crippen molar-refractivity contribution >= 4 is 11.9 Å². The lowest BCUT2D eigenvalue weighted by atomic mass is 9.97. The van der Waals surface area contributed by atoms with E-state index in [1.54, 1.807) is 13.0 Å². The number of nitrogens with one attached hydrogen (secondary N) is 1. The van der Waals surface area contributed by atoms with E-state index in [9.17, 15) is 22.8 Å². The second kappa shape index (κ2) is 8.11. The molecule has 146 valence electrons. The highest BCUT2D eigenvalue weighted by molar-refractivity contribution is 5.87. The summed E-state index contributed by atoms with van der Waals surface area (Å²) in [5, 5.41) is 15.6. The van der Waals surface area contributed by atoms with E-state index in [4.69, 9.17) is 5.11 Å². The molecule has 0 radical (unpaired) electrons. The molecule has 1 atom stereocenters. The van der Waals surface area contributed by atoms with Crippen molar-refractivity contribution in [2.75, 3.05) is 0 Å². The first-order valence-corrected chi connectivity index (χ1v) is 7.93. The second-order valence-corrected chi connectivity index (χ2v) is 5.95. The van der Waals surface area contributed by atoms with Crippen LogP contribution in [-0.4, -0.2) is 33.1 Å². The van der Waals surface area contributed by atoms with Crippen LogP contribution in [0.4, 0.5) is 13.2 Å². The molecule has 0 saturated heterocycles. The summed E-state index contributed by atoms with van der Waals surface area (Å²) in [6.07, 6.45) is -3.42. The molecular formula is C17H18F3N3O4. The maximum atomic E-state index is 12.3. The fraction of sp³-hybridized carbons (Fsp3) is 0.353. The third kappa shape index (κ3) is 5.73. The van der Waals surface area contributed by atoms with E-state index in [1.165, 1.54) is 36.1 Å². The highest BCUT2D eigenvalue weighted by atomic mass is 19.4. The average Bonchev–Trinajstić information content (AvgIpc) is 2.92. The molecule has 0 aliphatic carbocycles. The lowest BCUT2D eigenvalue weighted by Gasteiger charge is -2.14.